The Balaban J connectivity index is 1.56. The lowest BCUT2D eigenvalue weighted by molar-refractivity contribution is -0.146. The van der Waals surface area contributed by atoms with Crippen LogP contribution < -0.4 is 15.4 Å². The van der Waals surface area contributed by atoms with E-state index in [1.54, 1.807) is 24.3 Å². The molecule has 172 valence electrons. The number of anilines is 1. The highest BCUT2D eigenvalue weighted by molar-refractivity contribution is 5.91. The molecular weight excluding hydrogens is 424 g/mol. The Hall–Kier alpha value is -3.81. The second-order valence-electron chi connectivity index (χ2n) is 8.31. The number of benzene rings is 2. The van der Waals surface area contributed by atoms with E-state index in [2.05, 4.69) is 17.2 Å². The average molecular weight is 450 g/mol. The molecule has 2 aliphatic rings. The molecule has 3 N–H and O–H groups in total. The molecule has 8 nitrogen and oxygen atoms in total. The van der Waals surface area contributed by atoms with Crippen molar-refractivity contribution < 1.29 is 29.0 Å². The molecule has 8 heteroatoms. The molecule has 2 aliphatic carbocycles. The van der Waals surface area contributed by atoms with Crippen molar-refractivity contribution in [3.05, 3.63) is 60.2 Å². The van der Waals surface area contributed by atoms with E-state index in [0.717, 1.165) is 41.5 Å². The zero-order valence-corrected chi connectivity index (χ0v) is 18.2. The fourth-order valence-electron chi connectivity index (χ4n) is 4.52. The number of fused-ring (bicyclic) bond motifs is 3. The lowest BCUT2D eigenvalue weighted by Gasteiger charge is -2.33. The maximum Gasteiger partial charge on any atom is 0.413 e. The van der Waals surface area contributed by atoms with Crippen molar-refractivity contribution in [2.75, 3.05) is 11.9 Å². The lowest BCUT2D eigenvalue weighted by Crippen LogP contribution is -2.56. The van der Waals surface area contributed by atoms with Crippen molar-refractivity contribution in [2.45, 2.75) is 44.1 Å². The van der Waals surface area contributed by atoms with E-state index >= 15 is 0 Å². The summed E-state index contributed by atoms with van der Waals surface area (Å²) in [5, 5.41) is 15.0. The van der Waals surface area contributed by atoms with Gasteiger partial charge in [-0.05, 0) is 54.2 Å². The van der Waals surface area contributed by atoms with Gasteiger partial charge in [0.25, 0.3) is 0 Å². The van der Waals surface area contributed by atoms with Crippen LogP contribution in [-0.4, -0.2) is 35.4 Å². The Morgan fingerprint density at radius 1 is 1.06 bits per heavy atom. The van der Waals surface area contributed by atoms with Gasteiger partial charge in [-0.15, -0.1) is 0 Å². The van der Waals surface area contributed by atoms with Gasteiger partial charge in [0, 0.05) is 11.3 Å². The number of carboxylic acid groups (broad SMARTS) is 1. The number of carbonyl (C=O) groups is 3. The van der Waals surface area contributed by atoms with Gasteiger partial charge in [0.15, 0.2) is 0 Å². The minimum absolute atomic E-state index is 0.102. The summed E-state index contributed by atoms with van der Waals surface area (Å²) in [5.41, 5.74) is 2.84. The van der Waals surface area contributed by atoms with Crippen molar-refractivity contribution in [3.8, 4) is 16.9 Å². The first-order valence-corrected chi connectivity index (χ1v) is 10.9. The average Bonchev–Trinajstić information content (AvgIpc) is 3.17. The van der Waals surface area contributed by atoms with E-state index in [-0.39, 0.29) is 6.61 Å². The fraction of sp³-hybridized carbons (Fsp3) is 0.320. The predicted molar refractivity (Wildman–Crippen MR) is 122 cm³/mol. The summed E-state index contributed by atoms with van der Waals surface area (Å²) in [7, 11) is 0. The van der Waals surface area contributed by atoms with E-state index in [1.807, 2.05) is 12.1 Å². The van der Waals surface area contributed by atoms with Gasteiger partial charge in [-0.2, -0.15) is 0 Å². The summed E-state index contributed by atoms with van der Waals surface area (Å²) in [6, 6.07) is 10.9. The summed E-state index contributed by atoms with van der Waals surface area (Å²) in [6.45, 7) is 3.61. The SMILES string of the molecule is C=CCOC(=O)Nc1ccc2c(c1)-c1c(cccc1OC(=O)NC1(C(=O)O)CCCCC1)C2. The smallest absolute Gasteiger partial charge is 0.413 e. The first-order chi connectivity index (χ1) is 15.9. The van der Waals surface area contributed by atoms with E-state index in [0.29, 0.717) is 30.7 Å². The van der Waals surface area contributed by atoms with Crippen LogP contribution in [0.2, 0.25) is 0 Å². The minimum Gasteiger partial charge on any atom is -0.480 e. The van der Waals surface area contributed by atoms with Gasteiger partial charge in [0.1, 0.15) is 17.9 Å². The molecular formula is C25H26N2O6. The summed E-state index contributed by atoms with van der Waals surface area (Å²) in [4.78, 5) is 36.5. The summed E-state index contributed by atoms with van der Waals surface area (Å²) in [5.74, 6) is -0.701. The van der Waals surface area contributed by atoms with Gasteiger partial charge in [0.05, 0.1) is 0 Å². The third-order valence-corrected chi connectivity index (χ3v) is 6.11. The summed E-state index contributed by atoms with van der Waals surface area (Å²) in [6.07, 6.45) is 3.95. The van der Waals surface area contributed by atoms with Crippen molar-refractivity contribution in [1.82, 2.24) is 5.32 Å². The number of carbonyl (C=O) groups excluding carboxylic acids is 2. The number of ether oxygens (including phenoxy) is 2. The molecule has 0 aromatic heterocycles. The van der Waals surface area contributed by atoms with E-state index in [1.165, 1.54) is 6.08 Å². The molecule has 2 aromatic rings. The number of hydrogen-bond acceptors (Lipinski definition) is 5. The van der Waals surface area contributed by atoms with Crippen molar-refractivity contribution in [3.63, 3.8) is 0 Å². The molecule has 0 saturated heterocycles. The molecule has 1 saturated carbocycles. The van der Waals surface area contributed by atoms with Crippen molar-refractivity contribution in [2.24, 2.45) is 0 Å². The topological polar surface area (TPSA) is 114 Å². The summed E-state index contributed by atoms with van der Waals surface area (Å²) >= 11 is 0. The number of aliphatic carboxylic acids is 1. The van der Waals surface area contributed by atoms with Gasteiger partial charge in [0.2, 0.25) is 0 Å². The van der Waals surface area contributed by atoms with Crippen LogP contribution in [0, 0.1) is 0 Å². The minimum atomic E-state index is -1.30. The van der Waals surface area contributed by atoms with Gasteiger partial charge >= 0.3 is 18.2 Å². The fourth-order valence-corrected chi connectivity index (χ4v) is 4.52. The van der Waals surface area contributed by atoms with Gasteiger partial charge in [-0.25, -0.2) is 14.4 Å². The number of rotatable bonds is 6. The van der Waals surface area contributed by atoms with Crippen LogP contribution in [0.5, 0.6) is 5.75 Å². The maximum absolute atomic E-state index is 12.7. The molecule has 0 spiro atoms. The Morgan fingerprint density at radius 2 is 1.85 bits per heavy atom. The van der Waals surface area contributed by atoms with Crippen LogP contribution in [0.1, 0.15) is 43.2 Å². The van der Waals surface area contributed by atoms with Crippen LogP contribution in [0.4, 0.5) is 15.3 Å². The predicted octanol–water partition coefficient (Wildman–Crippen LogP) is 4.87. The highest BCUT2D eigenvalue weighted by atomic mass is 16.6. The molecule has 0 radical (unpaired) electrons. The van der Waals surface area contributed by atoms with Crippen molar-refractivity contribution in [1.29, 1.82) is 0 Å². The van der Waals surface area contributed by atoms with Crippen LogP contribution in [0.25, 0.3) is 11.1 Å². The van der Waals surface area contributed by atoms with E-state index in [9.17, 15) is 19.5 Å². The van der Waals surface area contributed by atoms with Crippen LogP contribution in [-0.2, 0) is 16.0 Å². The number of hydrogen-bond donors (Lipinski definition) is 3. The second kappa shape index (κ2) is 9.36. The van der Waals surface area contributed by atoms with Crippen LogP contribution in [0.3, 0.4) is 0 Å². The molecule has 0 unspecified atom stereocenters. The van der Waals surface area contributed by atoms with Crippen LogP contribution >= 0.6 is 0 Å². The molecule has 0 heterocycles. The molecule has 0 atom stereocenters. The van der Waals surface area contributed by atoms with Gasteiger partial charge in [-0.3, -0.25) is 5.32 Å². The Labute approximate surface area is 191 Å². The second-order valence-corrected chi connectivity index (χ2v) is 8.31. The molecule has 33 heavy (non-hydrogen) atoms. The van der Waals surface area contributed by atoms with Gasteiger partial charge in [-0.1, -0.05) is 50.1 Å². The largest absolute Gasteiger partial charge is 0.480 e. The van der Waals surface area contributed by atoms with E-state index < -0.39 is 23.7 Å². The standard InChI is InChI=1S/C25H26N2O6/c1-2-13-32-23(30)26-18-10-9-16-14-17-7-6-8-20(21(17)19(16)15-18)33-24(31)27-25(22(28)29)11-4-3-5-12-25/h2,6-10,15H,1,3-5,11-14H2,(H,26,30)(H,27,31)(H,28,29). The zero-order chi connectivity index (χ0) is 23.4. The molecule has 4 rings (SSSR count). The molecule has 2 aromatic carbocycles. The highest BCUT2D eigenvalue weighted by Crippen LogP contribution is 2.43. The first-order valence-electron chi connectivity index (χ1n) is 10.9. The highest BCUT2D eigenvalue weighted by Gasteiger charge is 2.41. The van der Waals surface area contributed by atoms with Crippen LogP contribution in [0.15, 0.2) is 49.1 Å². The van der Waals surface area contributed by atoms with Crippen molar-refractivity contribution >= 4 is 23.8 Å². The third kappa shape index (κ3) is 4.69. The lowest BCUT2D eigenvalue weighted by atomic mass is 9.82. The number of nitrogens with one attached hydrogen (secondary N) is 2. The van der Waals surface area contributed by atoms with E-state index in [4.69, 9.17) is 9.47 Å². The number of carboxylic acids is 1. The Bertz CT molecular complexity index is 1100. The maximum atomic E-state index is 12.7. The Kier molecular flexibility index (Phi) is 6.35. The Morgan fingerprint density at radius 3 is 2.58 bits per heavy atom. The first kappa shape index (κ1) is 22.4. The summed E-state index contributed by atoms with van der Waals surface area (Å²) < 4.78 is 10.6. The quantitative estimate of drug-likeness (QED) is 0.462. The molecule has 0 aliphatic heterocycles. The number of amides is 2. The molecule has 2 amide bonds. The monoisotopic (exact) mass is 450 g/mol. The third-order valence-electron chi connectivity index (χ3n) is 6.11. The van der Waals surface area contributed by atoms with Gasteiger partial charge < -0.3 is 19.9 Å². The molecule has 1 fully saturated rings. The molecule has 0 bridgehead atoms. The zero-order valence-electron chi connectivity index (χ0n) is 18.2. The normalized spacial score (nSPS) is 15.5.